The van der Waals surface area contributed by atoms with Gasteiger partial charge in [-0.05, 0) is 30.7 Å². The highest BCUT2D eigenvalue weighted by Crippen LogP contribution is 2.23. The summed E-state index contributed by atoms with van der Waals surface area (Å²) in [5, 5.41) is 10.6. The Bertz CT molecular complexity index is 685. The van der Waals surface area contributed by atoms with Crippen molar-refractivity contribution in [2.75, 3.05) is 32.9 Å². The number of carbonyl (C=O) groups is 1. The second-order valence-electron chi connectivity index (χ2n) is 6.12. The third-order valence-corrected chi connectivity index (χ3v) is 6.14. The molecule has 0 bridgehead atoms. The molecule has 1 saturated heterocycles. The molecular formula is C15H21ClN2O4S. The zero-order chi connectivity index (χ0) is 17.4. The quantitative estimate of drug-likeness (QED) is 0.868. The predicted octanol–water partition coefficient (Wildman–Crippen LogP) is 0.973. The minimum atomic E-state index is -3.43. The van der Waals surface area contributed by atoms with Crippen LogP contribution < -0.4 is 0 Å². The van der Waals surface area contributed by atoms with E-state index in [2.05, 4.69) is 0 Å². The Labute approximate surface area is 141 Å². The first-order valence-corrected chi connectivity index (χ1v) is 9.23. The van der Waals surface area contributed by atoms with Crippen LogP contribution in [-0.4, -0.2) is 67.7 Å². The molecule has 1 amide bonds. The normalized spacial score (nSPS) is 21.9. The molecule has 1 aromatic carbocycles. The molecule has 2 atom stereocenters. The van der Waals surface area contributed by atoms with Gasteiger partial charge in [-0.2, -0.15) is 0 Å². The van der Waals surface area contributed by atoms with Gasteiger partial charge < -0.3 is 10.0 Å². The molecule has 0 unspecified atom stereocenters. The fraction of sp³-hybridized carbons (Fsp3) is 0.533. The number of carbonyl (C=O) groups excluding carboxylic acids is 1. The van der Waals surface area contributed by atoms with E-state index in [1.165, 1.54) is 19.0 Å². The van der Waals surface area contributed by atoms with Crippen LogP contribution >= 0.6 is 11.6 Å². The Morgan fingerprint density at radius 3 is 2.57 bits per heavy atom. The number of aliphatic hydroxyl groups is 1. The van der Waals surface area contributed by atoms with Crippen molar-refractivity contribution in [2.24, 2.45) is 5.92 Å². The fourth-order valence-corrected chi connectivity index (χ4v) is 4.10. The Morgan fingerprint density at radius 1 is 1.35 bits per heavy atom. The molecule has 0 aliphatic carbocycles. The largest absolute Gasteiger partial charge is 0.391 e. The first-order valence-electron chi connectivity index (χ1n) is 7.25. The average Bonchev–Trinajstić information content (AvgIpc) is 2.77. The highest BCUT2D eigenvalue weighted by molar-refractivity contribution is 7.89. The van der Waals surface area contributed by atoms with Crippen molar-refractivity contribution in [1.82, 2.24) is 9.21 Å². The number of nitrogens with zero attached hydrogens (tertiary/aromatic N) is 2. The maximum Gasteiger partial charge on any atom is 0.254 e. The molecule has 23 heavy (non-hydrogen) atoms. The highest BCUT2D eigenvalue weighted by atomic mass is 35.5. The fourth-order valence-electron chi connectivity index (χ4n) is 2.65. The number of halogens is 1. The Balaban J connectivity index is 2.13. The van der Waals surface area contributed by atoms with Gasteiger partial charge in [-0.25, -0.2) is 12.7 Å². The topological polar surface area (TPSA) is 77.9 Å². The van der Waals surface area contributed by atoms with Crippen molar-refractivity contribution in [3.63, 3.8) is 0 Å². The van der Waals surface area contributed by atoms with Gasteiger partial charge in [0, 0.05) is 43.7 Å². The molecule has 0 spiro atoms. The summed E-state index contributed by atoms with van der Waals surface area (Å²) in [5.74, 6) is -0.925. The summed E-state index contributed by atoms with van der Waals surface area (Å²) in [4.78, 5) is 14.0. The van der Waals surface area contributed by atoms with Crippen molar-refractivity contribution >= 4 is 27.5 Å². The molecule has 0 aromatic heterocycles. The van der Waals surface area contributed by atoms with E-state index in [4.69, 9.17) is 11.6 Å². The van der Waals surface area contributed by atoms with Gasteiger partial charge in [-0.1, -0.05) is 11.6 Å². The van der Waals surface area contributed by atoms with E-state index in [-0.39, 0.29) is 24.7 Å². The Hall–Kier alpha value is -1.15. The van der Waals surface area contributed by atoms with Crippen LogP contribution in [0.5, 0.6) is 0 Å². The van der Waals surface area contributed by atoms with Crippen molar-refractivity contribution in [1.29, 1.82) is 0 Å². The number of aliphatic hydroxyl groups excluding tert-OH is 1. The number of amides is 1. The highest BCUT2D eigenvalue weighted by Gasteiger charge is 2.37. The van der Waals surface area contributed by atoms with E-state index in [9.17, 15) is 18.3 Å². The van der Waals surface area contributed by atoms with Crippen LogP contribution in [0.15, 0.2) is 18.2 Å². The summed E-state index contributed by atoms with van der Waals surface area (Å²) in [6.45, 7) is 2.17. The second-order valence-corrected chi connectivity index (χ2v) is 8.78. The average molecular weight is 361 g/mol. The molecule has 1 aliphatic rings. The molecule has 6 nitrogen and oxygen atoms in total. The van der Waals surface area contributed by atoms with Crippen LogP contribution in [-0.2, 0) is 10.0 Å². The van der Waals surface area contributed by atoms with Gasteiger partial charge in [0.05, 0.1) is 11.9 Å². The number of aryl methyl sites for hydroxylation is 1. The lowest BCUT2D eigenvalue weighted by atomic mass is 10.1. The van der Waals surface area contributed by atoms with E-state index in [1.54, 1.807) is 18.2 Å². The lowest BCUT2D eigenvalue weighted by molar-refractivity contribution is 0.0764. The van der Waals surface area contributed by atoms with Crippen LogP contribution in [0.3, 0.4) is 0 Å². The maximum absolute atomic E-state index is 12.5. The predicted molar refractivity (Wildman–Crippen MR) is 89.1 cm³/mol. The van der Waals surface area contributed by atoms with Crippen LogP contribution in [0.4, 0.5) is 0 Å². The smallest absolute Gasteiger partial charge is 0.254 e. The van der Waals surface area contributed by atoms with Gasteiger partial charge in [-0.15, -0.1) is 0 Å². The second kappa shape index (κ2) is 6.76. The standard InChI is InChI=1S/C15H21ClN2O4S/c1-10-4-11(6-13(16)5-10)15(20)18-7-12(14(19)8-18)9-23(21,22)17(2)3/h4-6,12,14,19H,7-9H2,1-3H3/t12-,14+/m0/s1. The van der Waals surface area contributed by atoms with Crippen molar-refractivity contribution in [3.05, 3.63) is 34.3 Å². The minimum absolute atomic E-state index is 0.123. The monoisotopic (exact) mass is 360 g/mol. The number of sulfonamides is 1. The molecule has 0 radical (unpaired) electrons. The van der Waals surface area contributed by atoms with Crippen LogP contribution in [0.25, 0.3) is 0 Å². The zero-order valence-electron chi connectivity index (χ0n) is 13.4. The lowest BCUT2D eigenvalue weighted by Gasteiger charge is -2.18. The summed E-state index contributed by atoms with van der Waals surface area (Å²) in [6, 6.07) is 5.06. The van der Waals surface area contributed by atoms with Crippen molar-refractivity contribution in [2.45, 2.75) is 13.0 Å². The van der Waals surface area contributed by atoms with E-state index in [0.717, 1.165) is 9.87 Å². The van der Waals surface area contributed by atoms with Gasteiger partial charge in [0.25, 0.3) is 5.91 Å². The summed E-state index contributed by atoms with van der Waals surface area (Å²) in [5.41, 5.74) is 1.31. The number of benzene rings is 1. The molecule has 128 valence electrons. The molecule has 1 fully saturated rings. The molecule has 1 N–H and O–H groups in total. The van der Waals surface area contributed by atoms with Crippen molar-refractivity contribution < 1.29 is 18.3 Å². The summed E-state index contributed by atoms with van der Waals surface area (Å²) >= 11 is 5.98. The summed E-state index contributed by atoms with van der Waals surface area (Å²) in [7, 11) is -0.522. The van der Waals surface area contributed by atoms with Gasteiger partial charge in [0.1, 0.15) is 0 Å². The summed E-state index contributed by atoms with van der Waals surface area (Å²) in [6.07, 6.45) is -0.853. The number of β-amino-alcohol motifs (C(OH)–C–C–N with tert-alkyl or cyclic N) is 1. The summed E-state index contributed by atoms with van der Waals surface area (Å²) < 4.78 is 25.1. The number of hydrogen-bond donors (Lipinski definition) is 1. The van der Waals surface area contributed by atoms with Gasteiger partial charge in [0.15, 0.2) is 0 Å². The third kappa shape index (κ3) is 4.23. The maximum atomic E-state index is 12.5. The minimum Gasteiger partial charge on any atom is -0.391 e. The van der Waals surface area contributed by atoms with Gasteiger partial charge in [0.2, 0.25) is 10.0 Å². The van der Waals surface area contributed by atoms with Crippen LogP contribution in [0, 0.1) is 12.8 Å². The van der Waals surface area contributed by atoms with Crippen molar-refractivity contribution in [3.8, 4) is 0 Å². The number of hydrogen-bond acceptors (Lipinski definition) is 4. The Morgan fingerprint density at radius 2 is 2.00 bits per heavy atom. The first kappa shape index (κ1) is 18.2. The van der Waals surface area contributed by atoms with E-state index in [1.807, 2.05) is 6.92 Å². The molecule has 2 rings (SSSR count). The van der Waals surface area contributed by atoms with Gasteiger partial charge >= 0.3 is 0 Å². The number of likely N-dealkylation sites (tertiary alicyclic amines) is 1. The van der Waals surface area contributed by atoms with E-state index >= 15 is 0 Å². The van der Waals surface area contributed by atoms with E-state index < -0.39 is 22.0 Å². The van der Waals surface area contributed by atoms with Gasteiger partial charge in [-0.3, -0.25) is 4.79 Å². The molecule has 1 aromatic rings. The molecule has 8 heteroatoms. The number of rotatable bonds is 4. The lowest BCUT2D eigenvalue weighted by Crippen LogP contribution is -2.33. The molecular weight excluding hydrogens is 340 g/mol. The molecule has 1 heterocycles. The van der Waals surface area contributed by atoms with Crippen LogP contribution in [0.2, 0.25) is 5.02 Å². The molecule has 1 aliphatic heterocycles. The van der Waals surface area contributed by atoms with Crippen LogP contribution in [0.1, 0.15) is 15.9 Å². The first-order chi connectivity index (χ1) is 10.6. The zero-order valence-corrected chi connectivity index (χ0v) is 14.9. The molecule has 0 saturated carbocycles. The third-order valence-electron chi connectivity index (χ3n) is 3.96. The van der Waals surface area contributed by atoms with E-state index in [0.29, 0.717) is 10.6 Å². The SMILES string of the molecule is Cc1cc(Cl)cc(C(=O)N2C[C@@H](CS(=O)(=O)N(C)C)[C@H](O)C2)c1. The Kier molecular flexibility index (Phi) is 5.35.